The molecule has 0 spiro atoms. The predicted octanol–water partition coefficient (Wildman–Crippen LogP) is 4.90. The number of esters is 1. The third kappa shape index (κ3) is 5.32. The van der Waals surface area contributed by atoms with Crippen molar-refractivity contribution in [3.8, 4) is 11.5 Å². The first-order chi connectivity index (χ1) is 17.8. The molecule has 194 valence electrons. The lowest BCUT2D eigenvalue weighted by Gasteiger charge is -2.27. The zero-order valence-electron chi connectivity index (χ0n) is 20.8. The molecule has 0 aliphatic carbocycles. The monoisotopic (exact) mass is 560 g/mol. The predicted molar refractivity (Wildman–Crippen MR) is 146 cm³/mol. The number of aromatic nitrogens is 1. The average Bonchev–Trinajstić information content (AvgIpc) is 3.19. The fourth-order valence-electron chi connectivity index (χ4n) is 4.23. The molecule has 0 amide bonds. The van der Waals surface area contributed by atoms with E-state index in [1.165, 1.54) is 23.0 Å². The number of methoxy groups -OCH3 is 2. The molecule has 2 heterocycles. The van der Waals surface area contributed by atoms with Gasteiger partial charge in [-0.2, -0.15) is 0 Å². The fraction of sp³-hybridized carbons (Fsp3) is 0.296. The summed E-state index contributed by atoms with van der Waals surface area (Å²) in [7, 11) is 3.09. The number of ether oxygens (including phenoxy) is 3. The minimum atomic E-state index is -0.829. The molecule has 4 rings (SSSR count). The van der Waals surface area contributed by atoms with Crippen LogP contribution in [0.25, 0.3) is 6.08 Å². The molecule has 37 heavy (non-hydrogen) atoms. The molecule has 0 saturated heterocycles. The molecule has 0 radical (unpaired) electrons. The normalized spacial score (nSPS) is 15.3. The minimum absolute atomic E-state index is 0.184. The van der Waals surface area contributed by atoms with Crippen molar-refractivity contribution in [2.75, 3.05) is 20.8 Å². The van der Waals surface area contributed by atoms with Gasteiger partial charge in [-0.3, -0.25) is 9.36 Å². The highest BCUT2D eigenvalue weighted by molar-refractivity contribution is 7.07. The van der Waals surface area contributed by atoms with E-state index in [1.54, 1.807) is 56.5 Å². The van der Waals surface area contributed by atoms with Gasteiger partial charge in [0.2, 0.25) is 0 Å². The number of hydrogen-bond donors (Lipinski definition) is 0. The largest absolute Gasteiger partial charge is 0.497 e. The standard InChI is InChI=1S/C27H26Cl2N2O5S/c1-5-7-20-23(26(33)36-6-2)24(18-14-17(34-3)10-11-21(18)35-4)31-25(32)22(37-27(31)30-20)12-15-8-9-16(28)13-19(15)29/h8-14,24H,5-7H2,1-4H3/b22-12-/t24-/m0/s1. The fourth-order valence-corrected chi connectivity index (χ4v) is 5.70. The SMILES string of the molecule is CCCC1=C(C(=O)OCC)[C@H](c2cc(OC)ccc2OC)n2c(s/c(=C\c3ccc(Cl)cc3Cl)c2=O)=N1. The van der Waals surface area contributed by atoms with Gasteiger partial charge in [0.05, 0.1) is 36.6 Å². The number of fused-ring (bicyclic) bond motifs is 1. The number of benzene rings is 2. The smallest absolute Gasteiger partial charge is 0.338 e. The number of thiazole rings is 1. The molecule has 2 aromatic carbocycles. The van der Waals surface area contributed by atoms with Crippen molar-refractivity contribution >= 4 is 46.6 Å². The summed E-state index contributed by atoms with van der Waals surface area (Å²) in [5.74, 6) is 0.531. The summed E-state index contributed by atoms with van der Waals surface area (Å²) in [6.07, 6.45) is 2.99. The number of nitrogens with zero attached hydrogens (tertiary/aromatic N) is 2. The Balaban J connectivity index is 2.06. The van der Waals surface area contributed by atoms with Crippen LogP contribution < -0.4 is 24.4 Å². The maximum atomic E-state index is 13.9. The third-order valence-electron chi connectivity index (χ3n) is 5.87. The van der Waals surface area contributed by atoms with E-state index in [9.17, 15) is 9.59 Å². The van der Waals surface area contributed by atoms with Crippen molar-refractivity contribution in [3.05, 3.63) is 88.5 Å². The molecule has 0 unspecified atom stereocenters. The summed E-state index contributed by atoms with van der Waals surface area (Å²) < 4.78 is 18.5. The van der Waals surface area contributed by atoms with Crippen LogP contribution in [0.3, 0.4) is 0 Å². The van der Waals surface area contributed by atoms with Crippen LogP contribution in [0.1, 0.15) is 43.9 Å². The van der Waals surface area contributed by atoms with E-state index in [0.717, 1.165) is 6.42 Å². The maximum Gasteiger partial charge on any atom is 0.338 e. The summed E-state index contributed by atoms with van der Waals surface area (Å²) in [6.45, 7) is 3.93. The van der Waals surface area contributed by atoms with Crippen LogP contribution >= 0.6 is 34.5 Å². The molecular formula is C27H26Cl2N2O5S. The van der Waals surface area contributed by atoms with E-state index < -0.39 is 12.0 Å². The van der Waals surface area contributed by atoms with E-state index in [0.29, 0.717) is 59.7 Å². The first-order valence-electron chi connectivity index (χ1n) is 11.7. The number of hydrogen-bond acceptors (Lipinski definition) is 7. The Hall–Kier alpha value is -3.07. The summed E-state index contributed by atoms with van der Waals surface area (Å²) in [6, 6.07) is 9.52. The lowest BCUT2D eigenvalue weighted by Crippen LogP contribution is -2.40. The van der Waals surface area contributed by atoms with Crippen LogP contribution in [0.5, 0.6) is 11.5 Å². The summed E-state index contributed by atoms with van der Waals surface area (Å²) in [5, 5.41) is 0.917. The number of rotatable bonds is 8. The van der Waals surface area contributed by atoms with Gasteiger partial charge < -0.3 is 14.2 Å². The van der Waals surface area contributed by atoms with Crippen molar-refractivity contribution in [2.24, 2.45) is 4.99 Å². The van der Waals surface area contributed by atoms with Crippen LogP contribution in [0.15, 0.2) is 57.5 Å². The van der Waals surface area contributed by atoms with Gasteiger partial charge in [-0.15, -0.1) is 0 Å². The Kier molecular flexibility index (Phi) is 8.42. The van der Waals surface area contributed by atoms with Crippen molar-refractivity contribution in [2.45, 2.75) is 32.7 Å². The van der Waals surface area contributed by atoms with Crippen LogP contribution in [0.4, 0.5) is 0 Å². The Morgan fingerprint density at radius 3 is 2.57 bits per heavy atom. The molecule has 10 heteroatoms. The number of carbonyl (C=O) groups is 1. The van der Waals surface area contributed by atoms with Gasteiger partial charge >= 0.3 is 5.97 Å². The maximum absolute atomic E-state index is 13.9. The van der Waals surface area contributed by atoms with Gasteiger partial charge in [0, 0.05) is 15.6 Å². The topological polar surface area (TPSA) is 79.1 Å². The van der Waals surface area contributed by atoms with Crippen molar-refractivity contribution in [1.29, 1.82) is 0 Å². The van der Waals surface area contributed by atoms with Crippen molar-refractivity contribution in [3.63, 3.8) is 0 Å². The highest BCUT2D eigenvalue weighted by Gasteiger charge is 2.36. The Labute approximate surface area is 228 Å². The minimum Gasteiger partial charge on any atom is -0.497 e. The zero-order valence-corrected chi connectivity index (χ0v) is 23.2. The van der Waals surface area contributed by atoms with Gasteiger partial charge in [-0.05, 0) is 55.3 Å². The van der Waals surface area contributed by atoms with Crippen LogP contribution in [-0.2, 0) is 9.53 Å². The van der Waals surface area contributed by atoms with Crippen molar-refractivity contribution in [1.82, 2.24) is 4.57 Å². The molecule has 0 bridgehead atoms. The molecule has 7 nitrogen and oxygen atoms in total. The summed E-state index contributed by atoms with van der Waals surface area (Å²) >= 11 is 13.6. The lowest BCUT2D eigenvalue weighted by atomic mass is 9.93. The molecule has 1 aromatic heterocycles. The number of allylic oxidation sites excluding steroid dienone is 1. The molecule has 1 aliphatic heterocycles. The molecular weight excluding hydrogens is 535 g/mol. The van der Waals surface area contributed by atoms with E-state index in [1.807, 2.05) is 6.92 Å². The molecule has 0 N–H and O–H groups in total. The van der Waals surface area contributed by atoms with E-state index in [2.05, 4.69) is 0 Å². The van der Waals surface area contributed by atoms with Gasteiger partial charge in [-0.1, -0.05) is 53.9 Å². The summed E-state index contributed by atoms with van der Waals surface area (Å²) in [4.78, 5) is 32.5. The van der Waals surface area contributed by atoms with Crippen molar-refractivity contribution < 1.29 is 19.0 Å². The number of carbonyl (C=O) groups excluding carboxylic acids is 1. The molecule has 0 saturated carbocycles. The van der Waals surface area contributed by atoms with E-state index in [-0.39, 0.29) is 12.2 Å². The van der Waals surface area contributed by atoms with Gasteiger partial charge in [-0.25, -0.2) is 9.79 Å². The van der Waals surface area contributed by atoms with E-state index >= 15 is 0 Å². The Morgan fingerprint density at radius 2 is 1.92 bits per heavy atom. The molecule has 1 aliphatic rings. The molecule has 0 fully saturated rings. The van der Waals surface area contributed by atoms with Crippen LogP contribution in [0, 0.1) is 0 Å². The highest BCUT2D eigenvalue weighted by Crippen LogP contribution is 2.38. The van der Waals surface area contributed by atoms with Gasteiger partial charge in [0.15, 0.2) is 4.80 Å². The Morgan fingerprint density at radius 1 is 1.14 bits per heavy atom. The third-order valence-corrected chi connectivity index (χ3v) is 7.42. The lowest BCUT2D eigenvalue weighted by molar-refractivity contribution is -0.139. The number of halogens is 2. The first kappa shape index (κ1) is 27.0. The highest BCUT2D eigenvalue weighted by atomic mass is 35.5. The quantitative estimate of drug-likeness (QED) is 0.366. The summed E-state index contributed by atoms with van der Waals surface area (Å²) in [5.41, 5.74) is 1.80. The zero-order chi connectivity index (χ0) is 26.7. The van der Waals surface area contributed by atoms with E-state index in [4.69, 9.17) is 42.4 Å². The van der Waals surface area contributed by atoms with Crippen LogP contribution in [-0.4, -0.2) is 31.4 Å². The average molecular weight is 561 g/mol. The molecule has 3 aromatic rings. The molecule has 1 atom stereocenters. The van der Waals surface area contributed by atoms with Crippen LogP contribution in [0.2, 0.25) is 10.0 Å². The van der Waals surface area contributed by atoms with Gasteiger partial charge in [0.25, 0.3) is 5.56 Å². The second-order valence-corrected chi connectivity index (χ2v) is 10.0. The second-order valence-electron chi connectivity index (χ2n) is 8.19. The van der Waals surface area contributed by atoms with Gasteiger partial charge in [0.1, 0.15) is 17.5 Å². The first-order valence-corrected chi connectivity index (χ1v) is 13.3. The second kappa shape index (κ2) is 11.5. The Bertz CT molecular complexity index is 1560.